The summed E-state index contributed by atoms with van der Waals surface area (Å²) in [6, 6.07) is 0.606. The number of carbonyl (C=O) groups is 1. The van der Waals surface area contributed by atoms with Gasteiger partial charge < -0.3 is 14.6 Å². The van der Waals surface area contributed by atoms with E-state index in [0.717, 1.165) is 43.9 Å². The van der Waals surface area contributed by atoms with Gasteiger partial charge in [-0.1, -0.05) is 0 Å². The highest BCUT2D eigenvalue weighted by Crippen LogP contribution is 2.28. The molecule has 1 aromatic heterocycles. The Balaban J connectivity index is 1.70. The van der Waals surface area contributed by atoms with Gasteiger partial charge in [-0.05, 0) is 58.4 Å². The molecule has 2 aliphatic heterocycles. The summed E-state index contributed by atoms with van der Waals surface area (Å²) < 4.78 is 2.07. The lowest BCUT2D eigenvalue weighted by molar-refractivity contribution is -0.139. The van der Waals surface area contributed by atoms with Gasteiger partial charge >= 0.3 is 5.97 Å². The minimum Gasteiger partial charge on any atom is -0.481 e. The maximum absolute atomic E-state index is 11.4. The molecule has 0 spiro atoms. The van der Waals surface area contributed by atoms with Crippen LogP contribution in [0.25, 0.3) is 0 Å². The zero-order valence-electron chi connectivity index (χ0n) is 13.7. The first-order valence-electron chi connectivity index (χ1n) is 8.57. The minimum atomic E-state index is -0.734. The van der Waals surface area contributed by atoms with Crippen LogP contribution in [0.1, 0.15) is 57.0 Å². The fraction of sp³-hybridized carbons (Fsp3) is 0.765. The molecule has 3 rings (SSSR count). The van der Waals surface area contributed by atoms with Gasteiger partial charge in [-0.25, -0.2) is 4.98 Å². The van der Waals surface area contributed by atoms with Crippen LogP contribution < -0.4 is 0 Å². The van der Waals surface area contributed by atoms with Crippen molar-refractivity contribution in [3.63, 3.8) is 0 Å². The Morgan fingerprint density at radius 2 is 2.14 bits per heavy atom. The lowest BCUT2D eigenvalue weighted by Crippen LogP contribution is -2.40. The topological polar surface area (TPSA) is 58.4 Å². The van der Waals surface area contributed by atoms with Crippen molar-refractivity contribution in [3.05, 3.63) is 17.7 Å². The number of imidazole rings is 1. The van der Waals surface area contributed by atoms with E-state index in [1.165, 1.54) is 19.4 Å². The maximum Gasteiger partial charge on any atom is 0.314 e. The Hall–Kier alpha value is -1.36. The van der Waals surface area contributed by atoms with E-state index in [1.807, 2.05) is 0 Å². The molecule has 1 aromatic rings. The van der Waals surface area contributed by atoms with Crippen LogP contribution in [0.2, 0.25) is 0 Å². The standard InChI is InChI=1S/C17H27N3O2/c1-12(2)19-7-3-5-13(10-19)9-14-11-20-8-4-6-15(17(21)22)16(20)18-14/h11-13,15H,3-10H2,1-2H3,(H,21,22). The van der Waals surface area contributed by atoms with Crippen LogP contribution in [0.4, 0.5) is 0 Å². The Labute approximate surface area is 132 Å². The summed E-state index contributed by atoms with van der Waals surface area (Å²) in [5.74, 6) is 0.268. The molecule has 122 valence electrons. The lowest BCUT2D eigenvalue weighted by Gasteiger charge is -2.35. The maximum atomic E-state index is 11.4. The number of hydrogen-bond acceptors (Lipinski definition) is 3. The fourth-order valence-corrected chi connectivity index (χ4v) is 3.90. The molecule has 2 atom stereocenters. The second-order valence-electron chi connectivity index (χ2n) is 7.12. The van der Waals surface area contributed by atoms with E-state index >= 15 is 0 Å². The average molecular weight is 305 g/mol. The van der Waals surface area contributed by atoms with Crippen LogP contribution in [0.15, 0.2) is 6.20 Å². The number of carboxylic acid groups (broad SMARTS) is 1. The SMILES string of the molecule is CC(C)N1CCCC(Cc2cn3c(n2)C(C(=O)O)CCC3)C1. The quantitative estimate of drug-likeness (QED) is 0.928. The molecule has 1 fully saturated rings. The smallest absolute Gasteiger partial charge is 0.314 e. The van der Waals surface area contributed by atoms with Crippen LogP contribution in [0.5, 0.6) is 0 Å². The van der Waals surface area contributed by atoms with Crippen molar-refractivity contribution < 1.29 is 9.90 Å². The third kappa shape index (κ3) is 3.19. The van der Waals surface area contributed by atoms with Crippen molar-refractivity contribution >= 4 is 5.97 Å². The van der Waals surface area contributed by atoms with Crippen LogP contribution >= 0.6 is 0 Å². The van der Waals surface area contributed by atoms with Crippen molar-refractivity contribution in [3.8, 4) is 0 Å². The predicted molar refractivity (Wildman–Crippen MR) is 85.0 cm³/mol. The lowest BCUT2D eigenvalue weighted by atomic mass is 9.93. The highest BCUT2D eigenvalue weighted by atomic mass is 16.4. The number of nitrogens with zero attached hydrogens (tertiary/aromatic N) is 3. The van der Waals surface area contributed by atoms with Crippen LogP contribution in [0, 0.1) is 5.92 Å². The Morgan fingerprint density at radius 3 is 2.86 bits per heavy atom. The second-order valence-corrected chi connectivity index (χ2v) is 7.12. The average Bonchev–Trinajstić information content (AvgIpc) is 2.89. The summed E-state index contributed by atoms with van der Waals surface area (Å²) >= 11 is 0. The van der Waals surface area contributed by atoms with Crippen LogP contribution in [-0.4, -0.2) is 44.7 Å². The first-order chi connectivity index (χ1) is 10.5. The molecule has 0 aliphatic carbocycles. The summed E-state index contributed by atoms with van der Waals surface area (Å²) in [6.07, 6.45) is 7.25. The molecule has 1 N–H and O–H groups in total. The molecule has 5 nitrogen and oxygen atoms in total. The number of likely N-dealkylation sites (tertiary alicyclic amines) is 1. The Kier molecular flexibility index (Phi) is 4.52. The fourth-order valence-electron chi connectivity index (χ4n) is 3.90. The van der Waals surface area contributed by atoms with Gasteiger partial charge in [-0.15, -0.1) is 0 Å². The zero-order chi connectivity index (χ0) is 15.7. The van der Waals surface area contributed by atoms with E-state index in [-0.39, 0.29) is 0 Å². The highest BCUT2D eigenvalue weighted by Gasteiger charge is 2.29. The van der Waals surface area contributed by atoms with Gasteiger partial charge in [0.2, 0.25) is 0 Å². The van der Waals surface area contributed by atoms with Gasteiger partial charge in [0.15, 0.2) is 0 Å². The number of aromatic nitrogens is 2. The van der Waals surface area contributed by atoms with Gasteiger partial charge in [0.05, 0.1) is 5.69 Å². The van der Waals surface area contributed by atoms with Crippen molar-refractivity contribution in [1.82, 2.24) is 14.5 Å². The van der Waals surface area contributed by atoms with Gasteiger partial charge in [0, 0.05) is 25.3 Å². The molecule has 0 bridgehead atoms. The molecule has 0 amide bonds. The molecule has 1 saturated heterocycles. The number of aryl methyl sites for hydroxylation is 1. The molecule has 0 aromatic carbocycles. The molecule has 22 heavy (non-hydrogen) atoms. The molecular formula is C17H27N3O2. The van der Waals surface area contributed by atoms with Crippen molar-refractivity contribution in [2.75, 3.05) is 13.1 Å². The van der Waals surface area contributed by atoms with E-state index in [9.17, 15) is 9.90 Å². The summed E-state index contributed by atoms with van der Waals surface area (Å²) in [5, 5.41) is 9.35. The zero-order valence-corrected chi connectivity index (χ0v) is 13.7. The number of piperidine rings is 1. The van der Waals surface area contributed by atoms with E-state index in [0.29, 0.717) is 12.0 Å². The predicted octanol–water partition coefficient (Wildman–Crippen LogP) is 2.51. The van der Waals surface area contributed by atoms with Crippen LogP contribution in [0.3, 0.4) is 0 Å². The summed E-state index contributed by atoms with van der Waals surface area (Å²) in [7, 11) is 0. The Bertz CT molecular complexity index is 538. The molecule has 3 heterocycles. The van der Waals surface area contributed by atoms with Gasteiger partial charge in [-0.2, -0.15) is 0 Å². The number of rotatable bonds is 4. The van der Waals surface area contributed by atoms with Crippen LogP contribution in [-0.2, 0) is 17.8 Å². The first-order valence-corrected chi connectivity index (χ1v) is 8.57. The normalized spacial score (nSPS) is 26.1. The van der Waals surface area contributed by atoms with E-state index in [4.69, 9.17) is 0 Å². The number of carboxylic acids is 1. The number of aliphatic carboxylic acids is 1. The molecular weight excluding hydrogens is 278 g/mol. The van der Waals surface area contributed by atoms with Gasteiger partial charge in [0.25, 0.3) is 0 Å². The van der Waals surface area contributed by atoms with E-state index < -0.39 is 11.9 Å². The second kappa shape index (κ2) is 6.41. The molecule has 5 heteroatoms. The molecule has 0 radical (unpaired) electrons. The number of fused-ring (bicyclic) bond motifs is 1. The summed E-state index contributed by atoms with van der Waals surface area (Å²) in [5.41, 5.74) is 1.08. The van der Waals surface area contributed by atoms with Gasteiger partial charge in [-0.3, -0.25) is 4.79 Å². The molecule has 2 aliphatic rings. The Morgan fingerprint density at radius 1 is 1.36 bits per heavy atom. The summed E-state index contributed by atoms with van der Waals surface area (Å²) in [6.45, 7) is 7.77. The third-order valence-corrected chi connectivity index (χ3v) is 5.14. The first kappa shape index (κ1) is 15.5. The van der Waals surface area contributed by atoms with E-state index in [2.05, 4.69) is 34.5 Å². The summed E-state index contributed by atoms with van der Waals surface area (Å²) in [4.78, 5) is 18.6. The highest BCUT2D eigenvalue weighted by molar-refractivity contribution is 5.75. The minimum absolute atomic E-state index is 0.416. The third-order valence-electron chi connectivity index (χ3n) is 5.14. The largest absolute Gasteiger partial charge is 0.481 e. The monoisotopic (exact) mass is 305 g/mol. The van der Waals surface area contributed by atoms with Gasteiger partial charge in [0.1, 0.15) is 11.7 Å². The number of hydrogen-bond donors (Lipinski definition) is 1. The van der Waals surface area contributed by atoms with Crippen molar-refractivity contribution in [2.45, 2.75) is 64.5 Å². The molecule has 2 unspecified atom stereocenters. The van der Waals surface area contributed by atoms with E-state index in [1.54, 1.807) is 0 Å². The van der Waals surface area contributed by atoms with Crippen molar-refractivity contribution in [1.29, 1.82) is 0 Å². The molecule has 0 saturated carbocycles. The van der Waals surface area contributed by atoms with Crippen molar-refractivity contribution in [2.24, 2.45) is 5.92 Å².